The van der Waals surface area contributed by atoms with Gasteiger partial charge in [0.05, 0.1) is 12.7 Å². The average molecular weight is 273 g/mol. The summed E-state index contributed by atoms with van der Waals surface area (Å²) in [5.41, 5.74) is 0.860. The molecule has 1 fully saturated rings. The summed E-state index contributed by atoms with van der Waals surface area (Å²) in [6, 6.07) is 7.06. The zero-order valence-corrected chi connectivity index (χ0v) is 11.7. The highest BCUT2D eigenvalue weighted by atomic mass is 16.5. The van der Waals surface area contributed by atoms with Gasteiger partial charge < -0.3 is 15.0 Å². The van der Waals surface area contributed by atoms with E-state index in [2.05, 4.69) is 11.4 Å². The number of hydrogen-bond donors (Lipinski definition) is 1. The molecule has 0 spiro atoms. The molecule has 1 heterocycles. The summed E-state index contributed by atoms with van der Waals surface area (Å²) in [5, 5.41) is 12.0. The highest BCUT2D eigenvalue weighted by Gasteiger charge is 2.18. The molecule has 5 heteroatoms. The van der Waals surface area contributed by atoms with Gasteiger partial charge in [-0.15, -0.1) is 0 Å². The second-order valence-corrected chi connectivity index (χ2v) is 4.83. The van der Waals surface area contributed by atoms with Crippen molar-refractivity contribution in [1.29, 1.82) is 5.26 Å². The molecule has 5 nitrogen and oxygen atoms in total. The molecule has 1 aromatic rings. The van der Waals surface area contributed by atoms with Crippen molar-refractivity contribution >= 4 is 11.7 Å². The van der Waals surface area contributed by atoms with Crippen LogP contribution in [0.4, 0.5) is 10.5 Å². The Hall–Kier alpha value is -2.22. The number of nitrogens with zero attached hydrogens (tertiary/aromatic N) is 2. The van der Waals surface area contributed by atoms with Gasteiger partial charge >= 0.3 is 6.03 Å². The fourth-order valence-electron chi connectivity index (χ4n) is 2.38. The smallest absolute Gasteiger partial charge is 0.321 e. The van der Waals surface area contributed by atoms with Gasteiger partial charge in [0.2, 0.25) is 0 Å². The average Bonchev–Trinajstić information content (AvgIpc) is 2.76. The number of amides is 2. The lowest BCUT2D eigenvalue weighted by Gasteiger charge is -2.22. The van der Waals surface area contributed by atoms with E-state index in [1.165, 1.54) is 20.0 Å². The van der Waals surface area contributed by atoms with Crippen LogP contribution in [0.1, 0.15) is 31.2 Å². The van der Waals surface area contributed by atoms with E-state index in [4.69, 9.17) is 10.00 Å². The highest BCUT2D eigenvalue weighted by molar-refractivity contribution is 5.92. The number of benzene rings is 1. The summed E-state index contributed by atoms with van der Waals surface area (Å²) < 4.78 is 5.22. The van der Waals surface area contributed by atoms with Crippen molar-refractivity contribution in [2.24, 2.45) is 0 Å². The van der Waals surface area contributed by atoms with Gasteiger partial charge in [-0.25, -0.2) is 4.79 Å². The Kier molecular flexibility index (Phi) is 4.83. The Balaban J connectivity index is 2.16. The van der Waals surface area contributed by atoms with Crippen LogP contribution in [0.25, 0.3) is 0 Å². The van der Waals surface area contributed by atoms with Crippen molar-refractivity contribution in [3.63, 3.8) is 0 Å². The van der Waals surface area contributed by atoms with Crippen molar-refractivity contribution < 1.29 is 9.53 Å². The van der Waals surface area contributed by atoms with Gasteiger partial charge in [0.25, 0.3) is 0 Å². The van der Waals surface area contributed by atoms with Crippen LogP contribution in [-0.2, 0) is 0 Å². The normalized spacial score (nSPS) is 15.1. The topological polar surface area (TPSA) is 65.4 Å². The van der Waals surface area contributed by atoms with Gasteiger partial charge in [0.15, 0.2) is 0 Å². The second-order valence-electron chi connectivity index (χ2n) is 4.83. The minimum Gasteiger partial charge on any atom is -0.495 e. The Morgan fingerprint density at radius 3 is 2.60 bits per heavy atom. The Labute approximate surface area is 119 Å². The number of carbonyl (C=O) groups excluding carboxylic acids is 1. The number of likely N-dealkylation sites (tertiary alicyclic amines) is 1. The van der Waals surface area contributed by atoms with E-state index in [0.717, 1.165) is 25.9 Å². The van der Waals surface area contributed by atoms with Crippen molar-refractivity contribution in [2.75, 3.05) is 25.5 Å². The van der Waals surface area contributed by atoms with Crippen LogP contribution in [0.15, 0.2) is 18.2 Å². The zero-order chi connectivity index (χ0) is 14.4. The van der Waals surface area contributed by atoms with Crippen molar-refractivity contribution in [2.45, 2.75) is 25.7 Å². The van der Waals surface area contributed by atoms with Gasteiger partial charge in [-0.1, -0.05) is 18.9 Å². The van der Waals surface area contributed by atoms with Gasteiger partial charge in [0, 0.05) is 13.1 Å². The second kappa shape index (κ2) is 6.80. The fourth-order valence-corrected chi connectivity index (χ4v) is 2.38. The van der Waals surface area contributed by atoms with E-state index in [9.17, 15) is 4.79 Å². The van der Waals surface area contributed by atoms with Crippen LogP contribution < -0.4 is 10.1 Å². The number of nitriles is 1. The molecular formula is C15H19N3O2. The molecule has 1 aliphatic rings. The van der Waals surface area contributed by atoms with Crippen LogP contribution in [0.2, 0.25) is 0 Å². The molecule has 1 N–H and O–H groups in total. The van der Waals surface area contributed by atoms with Gasteiger partial charge in [0.1, 0.15) is 17.5 Å². The van der Waals surface area contributed by atoms with Gasteiger partial charge in [-0.2, -0.15) is 5.26 Å². The third-order valence-corrected chi connectivity index (χ3v) is 3.49. The highest BCUT2D eigenvalue weighted by Crippen LogP contribution is 2.28. The number of para-hydroxylation sites is 1. The van der Waals surface area contributed by atoms with E-state index in [-0.39, 0.29) is 6.03 Å². The molecule has 1 aromatic carbocycles. The summed E-state index contributed by atoms with van der Waals surface area (Å²) in [6.45, 7) is 1.53. The van der Waals surface area contributed by atoms with Gasteiger partial charge in [-0.05, 0) is 25.0 Å². The van der Waals surface area contributed by atoms with Crippen molar-refractivity contribution in [3.05, 3.63) is 23.8 Å². The molecule has 20 heavy (non-hydrogen) atoms. The van der Waals surface area contributed by atoms with Crippen LogP contribution in [-0.4, -0.2) is 31.1 Å². The Morgan fingerprint density at radius 1 is 1.30 bits per heavy atom. The molecular weight excluding hydrogens is 254 g/mol. The van der Waals surface area contributed by atoms with Crippen LogP contribution in [0.5, 0.6) is 5.75 Å². The Morgan fingerprint density at radius 2 is 2.00 bits per heavy atom. The van der Waals surface area contributed by atoms with Crippen molar-refractivity contribution in [1.82, 2.24) is 4.90 Å². The zero-order valence-electron chi connectivity index (χ0n) is 11.7. The molecule has 0 radical (unpaired) electrons. The SMILES string of the molecule is COc1cccc(C#N)c1NC(=O)N1CCCCCC1. The number of hydrogen-bond acceptors (Lipinski definition) is 3. The number of urea groups is 1. The summed E-state index contributed by atoms with van der Waals surface area (Å²) in [6.07, 6.45) is 4.40. The molecule has 0 aromatic heterocycles. The molecule has 0 saturated carbocycles. The molecule has 1 saturated heterocycles. The largest absolute Gasteiger partial charge is 0.495 e. The van der Waals surface area contributed by atoms with Crippen LogP contribution in [0.3, 0.4) is 0 Å². The number of ether oxygens (including phenoxy) is 1. The maximum Gasteiger partial charge on any atom is 0.321 e. The van der Waals surface area contributed by atoms with Gasteiger partial charge in [-0.3, -0.25) is 0 Å². The molecule has 0 bridgehead atoms. The third-order valence-electron chi connectivity index (χ3n) is 3.49. The minimum absolute atomic E-state index is 0.159. The lowest BCUT2D eigenvalue weighted by atomic mass is 10.2. The maximum atomic E-state index is 12.3. The standard InChI is InChI=1S/C15H19N3O2/c1-20-13-8-6-7-12(11-16)14(13)17-15(19)18-9-4-2-3-5-10-18/h6-8H,2-5,9-10H2,1H3,(H,17,19). The number of carbonyl (C=O) groups is 1. The fraction of sp³-hybridized carbons (Fsp3) is 0.467. The first kappa shape index (κ1) is 14.2. The quantitative estimate of drug-likeness (QED) is 0.900. The molecule has 106 valence electrons. The molecule has 0 atom stereocenters. The van der Waals surface area contributed by atoms with Crippen molar-refractivity contribution in [3.8, 4) is 11.8 Å². The van der Waals surface area contributed by atoms with Crippen LogP contribution in [0, 0.1) is 11.3 Å². The predicted molar refractivity (Wildman–Crippen MR) is 76.8 cm³/mol. The first-order chi connectivity index (χ1) is 9.76. The number of nitrogens with one attached hydrogen (secondary N) is 1. The summed E-state index contributed by atoms with van der Waals surface area (Å²) in [7, 11) is 1.53. The molecule has 1 aliphatic heterocycles. The first-order valence-corrected chi connectivity index (χ1v) is 6.89. The first-order valence-electron chi connectivity index (χ1n) is 6.89. The summed E-state index contributed by atoms with van der Waals surface area (Å²) in [4.78, 5) is 14.1. The lowest BCUT2D eigenvalue weighted by Crippen LogP contribution is -2.35. The monoisotopic (exact) mass is 273 g/mol. The van der Waals surface area contributed by atoms with E-state index in [1.54, 1.807) is 23.1 Å². The minimum atomic E-state index is -0.159. The molecule has 2 rings (SSSR count). The summed E-state index contributed by atoms with van der Waals surface area (Å²) >= 11 is 0. The Bertz CT molecular complexity index is 514. The molecule has 0 aliphatic carbocycles. The predicted octanol–water partition coefficient (Wildman–Crippen LogP) is 2.97. The number of rotatable bonds is 2. The van der Waals surface area contributed by atoms with E-state index in [1.807, 2.05) is 0 Å². The third kappa shape index (κ3) is 3.21. The van der Waals surface area contributed by atoms with Crippen LogP contribution >= 0.6 is 0 Å². The lowest BCUT2D eigenvalue weighted by molar-refractivity contribution is 0.213. The summed E-state index contributed by atoms with van der Waals surface area (Å²) in [5.74, 6) is 0.507. The molecule has 0 unspecified atom stereocenters. The molecule has 2 amide bonds. The van der Waals surface area contributed by atoms with E-state index < -0.39 is 0 Å². The number of anilines is 1. The maximum absolute atomic E-state index is 12.3. The van der Waals surface area contributed by atoms with E-state index in [0.29, 0.717) is 17.0 Å². The number of methoxy groups -OCH3 is 1. The van der Waals surface area contributed by atoms with E-state index >= 15 is 0 Å².